The van der Waals surface area contributed by atoms with Crippen molar-refractivity contribution in [1.82, 2.24) is 0 Å². The smallest absolute Gasteiger partial charge is 0.135 e. The van der Waals surface area contributed by atoms with E-state index >= 15 is 0 Å². The average Bonchev–Trinajstić information content (AvgIpc) is 3.65. The zero-order valence-electron chi connectivity index (χ0n) is 50.0. The second kappa shape index (κ2) is 9.54. The summed E-state index contributed by atoms with van der Waals surface area (Å²) in [5, 5.41) is -2.38. The molecular formula is C45H28O. The van der Waals surface area contributed by atoms with Gasteiger partial charge in [0.25, 0.3) is 0 Å². The van der Waals surface area contributed by atoms with Crippen LogP contribution in [-0.4, -0.2) is 0 Å². The summed E-state index contributed by atoms with van der Waals surface area (Å²) >= 11 is 0. The quantitative estimate of drug-likeness (QED) is 0.193. The molecule has 1 nitrogen and oxygen atoms in total. The molecule has 0 bridgehead atoms. The summed E-state index contributed by atoms with van der Waals surface area (Å²) in [5.41, 5.74) is -10.6. The molecule has 0 aromatic heterocycles. The number of hydrogen-bond donors (Lipinski definition) is 0. The van der Waals surface area contributed by atoms with E-state index in [1.165, 1.54) is 0 Å². The highest BCUT2D eigenvalue weighted by atomic mass is 16.5. The second-order valence-corrected chi connectivity index (χ2v) is 10.3. The van der Waals surface area contributed by atoms with Gasteiger partial charge in [-0.05, 0) is 90.4 Å². The highest BCUT2D eigenvalue weighted by molar-refractivity contribution is 6.04. The molecule has 2 aliphatic rings. The molecule has 1 aliphatic heterocycles. The predicted molar refractivity (Wildman–Crippen MR) is 190 cm³/mol. The number of rotatable bonds is 3. The van der Waals surface area contributed by atoms with E-state index in [0.717, 1.165) is 6.07 Å². The van der Waals surface area contributed by atoms with Crippen molar-refractivity contribution in [2.75, 3.05) is 0 Å². The van der Waals surface area contributed by atoms with Crippen LogP contribution in [-0.2, 0) is 5.41 Å². The molecule has 0 saturated heterocycles. The van der Waals surface area contributed by atoms with Crippen LogP contribution in [0, 0.1) is 0 Å². The lowest BCUT2D eigenvalue weighted by molar-refractivity contribution is 0.487. The van der Waals surface area contributed by atoms with Gasteiger partial charge in [-0.1, -0.05) is 145 Å². The Labute approximate surface area is 305 Å². The zero-order valence-corrected chi connectivity index (χ0v) is 23.0. The van der Waals surface area contributed by atoms with E-state index in [-0.39, 0.29) is 5.39 Å². The molecule has 0 amide bonds. The summed E-state index contributed by atoms with van der Waals surface area (Å²) in [7, 11) is 0. The predicted octanol–water partition coefficient (Wildman–Crippen LogP) is 11.8. The fraction of sp³-hybridized carbons (Fsp3) is 0.0222. The summed E-state index contributed by atoms with van der Waals surface area (Å²) in [6.07, 6.45) is 0. The molecule has 1 heteroatoms. The van der Waals surface area contributed by atoms with E-state index in [0.29, 0.717) is 0 Å². The maximum Gasteiger partial charge on any atom is 0.135 e. The van der Waals surface area contributed by atoms with Crippen molar-refractivity contribution in [1.29, 1.82) is 0 Å². The summed E-state index contributed by atoms with van der Waals surface area (Å²) in [5.74, 6) is -1.25. The van der Waals surface area contributed by atoms with E-state index in [2.05, 4.69) is 0 Å². The Hall–Kier alpha value is -5.92. The van der Waals surface area contributed by atoms with E-state index < -0.39 is 252 Å². The molecule has 0 saturated carbocycles. The number of hydrogen-bond acceptors (Lipinski definition) is 1. The minimum absolute atomic E-state index is 0.368. The fourth-order valence-corrected chi connectivity index (χ4v) is 6.21. The molecule has 46 heavy (non-hydrogen) atoms. The van der Waals surface area contributed by atoms with Gasteiger partial charge in [0.2, 0.25) is 0 Å². The van der Waals surface area contributed by atoms with Gasteiger partial charge in [0.1, 0.15) is 11.5 Å². The Balaban J connectivity index is 1.52. The van der Waals surface area contributed by atoms with Crippen molar-refractivity contribution in [3.8, 4) is 44.9 Å². The molecule has 0 fully saturated rings. The van der Waals surface area contributed by atoms with Crippen LogP contribution in [0.4, 0.5) is 0 Å². The number of ether oxygens (including phenoxy) is 1. The maximum atomic E-state index is 10.3. The lowest BCUT2D eigenvalue weighted by atomic mass is 9.66. The lowest BCUT2D eigenvalue weighted by Crippen LogP contribution is -2.29. The standard InChI is InChI=1S/C45H28O/c1-2-15-33(16-3-1)45(39-21-9-12-29-11-4-5-17-34(29)39)40-20-7-6-18-35(40)36-25-23-32(28-41(36)45)31-24-26-42-38(27-31)37-19-8-13-30-14-10-22-43(46-42)44(30)37/h1-28H/i1D,2D,3D,4D,5D,6D,7D,8D,9D,10D,11D,12D,13D,14D,15D,16D,17D,19D,20D,21D,22D,23D,24D,25D,26D,27D,28D. The Bertz CT molecular complexity index is 3990. The van der Waals surface area contributed by atoms with Crippen LogP contribution in [0.15, 0.2) is 169 Å². The zero-order chi connectivity index (χ0) is 53.7. The van der Waals surface area contributed by atoms with Crippen LogP contribution in [0.1, 0.15) is 59.3 Å². The van der Waals surface area contributed by atoms with Gasteiger partial charge in [-0.3, -0.25) is 0 Å². The monoisotopic (exact) mass is 611 g/mol. The van der Waals surface area contributed by atoms with Gasteiger partial charge >= 0.3 is 0 Å². The summed E-state index contributed by atoms with van der Waals surface area (Å²) in [6, 6.07) is -24.9. The van der Waals surface area contributed by atoms with E-state index in [9.17, 15) is 15.1 Å². The topological polar surface area (TPSA) is 9.23 Å². The summed E-state index contributed by atoms with van der Waals surface area (Å²) in [4.78, 5) is 0. The third-order valence-corrected chi connectivity index (χ3v) is 8.09. The number of benzene rings is 8. The van der Waals surface area contributed by atoms with Gasteiger partial charge in [-0.15, -0.1) is 0 Å². The van der Waals surface area contributed by atoms with Gasteiger partial charge in [0.05, 0.1) is 42.4 Å². The minimum atomic E-state index is -3.19. The summed E-state index contributed by atoms with van der Waals surface area (Å²) in [6.45, 7) is 0. The molecule has 214 valence electrons. The van der Waals surface area contributed by atoms with Crippen LogP contribution in [0.25, 0.3) is 54.9 Å². The van der Waals surface area contributed by atoms with Gasteiger partial charge in [0.15, 0.2) is 0 Å². The first-order valence-corrected chi connectivity index (χ1v) is 13.7. The molecule has 1 unspecified atom stereocenters. The van der Waals surface area contributed by atoms with Crippen LogP contribution >= 0.6 is 0 Å². The van der Waals surface area contributed by atoms with Gasteiger partial charge in [-0.25, -0.2) is 0 Å². The fourth-order valence-electron chi connectivity index (χ4n) is 6.21. The number of fused-ring (bicyclic) bond motifs is 6. The van der Waals surface area contributed by atoms with Crippen molar-refractivity contribution in [2.45, 2.75) is 5.41 Å². The Morgan fingerprint density at radius 1 is 0.435 bits per heavy atom. The summed E-state index contributed by atoms with van der Waals surface area (Å²) < 4.78 is 253. The van der Waals surface area contributed by atoms with E-state index in [4.69, 9.17) is 26.7 Å². The van der Waals surface area contributed by atoms with Gasteiger partial charge < -0.3 is 4.74 Å². The van der Waals surface area contributed by atoms with Crippen molar-refractivity contribution in [3.05, 3.63) is 191 Å². The Morgan fingerprint density at radius 3 is 2.09 bits per heavy atom. The molecule has 0 spiro atoms. The average molecular weight is 612 g/mol. The van der Waals surface area contributed by atoms with Gasteiger partial charge in [-0.2, -0.15) is 0 Å². The van der Waals surface area contributed by atoms with Crippen LogP contribution < -0.4 is 4.74 Å². The maximum absolute atomic E-state index is 10.3. The first-order chi connectivity index (χ1) is 34.0. The van der Waals surface area contributed by atoms with Crippen LogP contribution in [0.5, 0.6) is 11.5 Å². The molecule has 0 radical (unpaired) electrons. The molecule has 1 aliphatic carbocycles. The molecule has 8 aromatic rings. The SMILES string of the molecule is [2H]c1cc2c(c([2H])c1[2H])C(c1c([2H])c([2H])c([2H])c([2H])c1[2H])(c1c([2H])c([2H])c([2H])c3c([2H])c([2H])c([2H])c([2H])c13)c1c([2H])c(-c3c([2H])c([2H])c4c(c3[2H])-c3c([2H])c([2H])c([2H])c5c([2H])c([2H])c([2H])c(c35)O4)c([2H])c([2H])c1-2. The first-order valence-electron chi connectivity index (χ1n) is 27.2. The molecule has 0 N–H and O–H groups in total. The molecule has 8 aromatic carbocycles. The Kier molecular flexibility index (Phi) is 2.19. The van der Waals surface area contributed by atoms with E-state index in [1.54, 1.807) is 0 Å². The molecular weight excluding hydrogens is 556 g/mol. The minimum Gasteiger partial charge on any atom is -0.456 e. The van der Waals surface area contributed by atoms with Crippen LogP contribution in [0.3, 0.4) is 0 Å². The Morgan fingerprint density at radius 2 is 1.15 bits per heavy atom. The largest absolute Gasteiger partial charge is 0.456 e. The third kappa shape index (κ3) is 3.40. The molecule has 1 heterocycles. The van der Waals surface area contributed by atoms with Crippen LogP contribution in [0.2, 0.25) is 0 Å². The molecule has 1 atom stereocenters. The highest BCUT2D eigenvalue weighted by Crippen LogP contribution is 2.58. The van der Waals surface area contributed by atoms with Crippen molar-refractivity contribution in [3.63, 3.8) is 0 Å². The lowest BCUT2D eigenvalue weighted by Gasteiger charge is -2.35. The first kappa shape index (κ1) is 10.6. The van der Waals surface area contributed by atoms with E-state index in [1.807, 2.05) is 0 Å². The van der Waals surface area contributed by atoms with Crippen molar-refractivity contribution in [2.24, 2.45) is 0 Å². The highest BCUT2D eigenvalue weighted by Gasteiger charge is 2.46. The third-order valence-electron chi connectivity index (χ3n) is 8.09. The molecule has 10 rings (SSSR count). The van der Waals surface area contributed by atoms with Gasteiger partial charge in [0, 0.05) is 10.9 Å². The normalized spacial score (nSPS) is 23.9. The van der Waals surface area contributed by atoms with Crippen molar-refractivity contribution >= 4 is 21.5 Å². The second-order valence-electron chi connectivity index (χ2n) is 10.3. The van der Waals surface area contributed by atoms with Crippen molar-refractivity contribution < 1.29 is 41.7 Å².